The lowest BCUT2D eigenvalue weighted by molar-refractivity contribution is -0.130. The summed E-state index contributed by atoms with van der Waals surface area (Å²) in [7, 11) is 3.74. The number of hydrogen-bond acceptors (Lipinski definition) is 6. The molecular formula is C21H21N5O3S. The molecule has 0 saturated carbocycles. The Morgan fingerprint density at radius 3 is 2.57 bits per heavy atom. The molecule has 8 nitrogen and oxygen atoms in total. The minimum atomic E-state index is -1.22. The third-order valence-corrected chi connectivity index (χ3v) is 4.79. The number of nitrogens with zero attached hydrogens (tertiary/aromatic N) is 3. The van der Waals surface area contributed by atoms with Gasteiger partial charge in [0.25, 0.3) is 11.8 Å². The minimum absolute atomic E-state index is 0.00281. The van der Waals surface area contributed by atoms with Gasteiger partial charge in [-0.1, -0.05) is 23.8 Å². The van der Waals surface area contributed by atoms with E-state index >= 15 is 0 Å². The monoisotopic (exact) mass is 423 g/mol. The molecule has 0 aliphatic carbocycles. The lowest BCUT2D eigenvalue weighted by Crippen LogP contribution is -2.58. The van der Waals surface area contributed by atoms with E-state index < -0.39 is 23.6 Å². The van der Waals surface area contributed by atoms with Gasteiger partial charge in [-0.15, -0.1) is 0 Å². The highest BCUT2D eigenvalue weighted by Gasteiger charge is 2.38. The maximum atomic E-state index is 12.9. The van der Waals surface area contributed by atoms with Gasteiger partial charge in [0.15, 0.2) is 11.0 Å². The van der Waals surface area contributed by atoms with Crippen molar-refractivity contribution in [2.45, 2.75) is 6.92 Å². The number of benzene rings is 2. The van der Waals surface area contributed by atoms with Crippen molar-refractivity contribution in [1.29, 1.82) is 0 Å². The van der Waals surface area contributed by atoms with E-state index in [1.54, 1.807) is 30.3 Å². The van der Waals surface area contributed by atoms with Crippen molar-refractivity contribution < 1.29 is 14.4 Å². The number of amides is 3. The number of carbonyl (C=O) groups excluding carboxylic acids is 3. The molecule has 1 aliphatic heterocycles. The normalized spacial score (nSPS) is 16.6. The predicted molar refractivity (Wildman–Crippen MR) is 120 cm³/mol. The van der Waals surface area contributed by atoms with Crippen molar-refractivity contribution in [2.75, 3.05) is 23.9 Å². The van der Waals surface area contributed by atoms with Gasteiger partial charge in [-0.2, -0.15) is 5.10 Å². The highest BCUT2D eigenvalue weighted by molar-refractivity contribution is 7.80. The number of anilines is 2. The Morgan fingerprint density at radius 1 is 1.20 bits per heavy atom. The van der Waals surface area contributed by atoms with Crippen molar-refractivity contribution in [1.82, 2.24) is 10.7 Å². The fourth-order valence-electron chi connectivity index (χ4n) is 2.82. The molecule has 1 aliphatic rings. The van der Waals surface area contributed by atoms with E-state index in [0.29, 0.717) is 11.3 Å². The van der Waals surface area contributed by atoms with Crippen LogP contribution in [-0.2, 0) is 9.59 Å². The zero-order valence-electron chi connectivity index (χ0n) is 16.7. The second kappa shape index (κ2) is 8.83. The molecule has 3 amide bonds. The van der Waals surface area contributed by atoms with Crippen LogP contribution >= 0.6 is 12.2 Å². The molecule has 1 saturated heterocycles. The van der Waals surface area contributed by atoms with E-state index in [4.69, 9.17) is 12.2 Å². The SMILES string of the molecule is Cc1ccc(N2C(=O)[C@@H](/C=N/NC(=O)c3cccc(N(C)C)c3)C(=O)NC2=S)cc1. The number of hydrazone groups is 1. The summed E-state index contributed by atoms with van der Waals surface area (Å²) in [6, 6.07) is 14.1. The second-order valence-electron chi connectivity index (χ2n) is 6.95. The lowest BCUT2D eigenvalue weighted by atomic mass is 10.1. The van der Waals surface area contributed by atoms with Crippen LogP contribution in [0.2, 0.25) is 0 Å². The third-order valence-electron chi connectivity index (χ3n) is 4.51. The first-order valence-corrected chi connectivity index (χ1v) is 9.55. The summed E-state index contributed by atoms with van der Waals surface area (Å²) in [4.78, 5) is 40.6. The number of nitrogens with one attached hydrogen (secondary N) is 2. The molecule has 0 radical (unpaired) electrons. The average molecular weight is 423 g/mol. The van der Waals surface area contributed by atoms with E-state index in [1.807, 2.05) is 44.1 Å². The van der Waals surface area contributed by atoms with Crippen molar-refractivity contribution in [3.8, 4) is 0 Å². The molecule has 30 heavy (non-hydrogen) atoms. The molecule has 0 aromatic heterocycles. The van der Waals surface area contributed by atoms with Crippen molar-refractivity contribution in [3.63, 3.8) is 0 Å². The van der Waals surface area contributed by atoms with Crippen LogP contribution < -0.4 is 20.5 Å². The molecule has 2 aromatic carbocycles. The Kier molecular flexibility index (Phi) is 6.22. The Labute approximate surface area is 179 Å². The Bertz CT molecular complexity index is 1030. The zero-order valence-corrected chi connectivity index (χ0v) is 17.6. The van der Waals surface area contributed by atoms with Gasteiger partial charge in [-0.3, -0.25) is 19.3 Å². The quantitative estimate of drug-likeness (QED) is 0.331. The van der Waals surface area contributed by atoms with Crippen LogP contribution in [0.25, 0.3) is 0 Å². The van der Waals surface area contributed by atoms with Crippen molar-refractivity contribution in [2.24, 2.45) is 11.0 Å². The van der Waals surface area contributed by atoms with Gasteiger partial charge >= 0.3 is 0 Å². The number of thiocarbonyl (C=S) groups is 1. The van der Waals surface area contributed by atoms with Gasteiger partial charge in [0, 0.05) is 31.6 Å². The molecule has 1 heterocycles. The van der Waals surface area contributed by atoms with Gasteiger partial charge in [-0.25, -0.2) is 5.43 Å². The predicted octanol–water partition coefficient (Wildman–Crippen LogP) is 1.84. The van der Waals surface area contributed by atoms with E-state index in [-0.39, 0.29) is 5.11 Å². The van der Waals surface area contributed by atoms with E-state index in [2.05, 4.69) is 15.8 Å². The zero-order chi connectivity index (χ0) is 21.8. The van der Waals surface area contributed by atoms with Crippen molar-refractivity contribution in [3.05, 3.63) is 59.7 Å². The Morgan fingerprint density at radius 2 is 1.90 bits per heavy atom. The first-order valence-electron chi connectivity index (χ1n) is 9.14. The van der Waals surface area contributed by atoms with Crippen LogP contribution in [0.15, 0.2) is 53.6 Å². The molecule has 9 heteroatoms. The smallest absolute Gasteiger partial charge is 0.271 e. The molecule has 154 valence electrons. The fraction of sp³-hybridized carbons (Fsp3) is 0.190. The van der Waals surface area contributed by atoms with Crippen LogP contribution in [0.4, 0.5) is 11.4 Å². The topological polar surface area (TPSA) is 94.1 Å². The highest BCUT2D eigenvalue weighted by atomic mass is 32.1. The van der Waals surface area contributed by atoms with Crippen LogP contribution in [0.5, 0.6) is 0 Å². The van der Waals surface area contributed by atoms with Gasteiger partial charge in [0.05, 0.1) is 5.69 Å². The standard InChI is InChI=1S/C21H21N5O3S/c1-13-7-9-15(10-8-13)26-20(29)17(19(28)23-21(26)30)12-22-24-18(27)14-5-4-6-16(11-14)25(2)3/h4-12,17H,1-3H3,(H,24,27)(H,23,28,30)/b22-12+/t17-/m0/s1. The Balaban J connectivity index is 1.74. The second-order valence-corrected chi connectivity index (χ2v) is 7.33. The summed E-state index contributed by atoms with van der Waals surface area (Å²) >= 11 is 5.16. The highest BCUT2D eigenvalue weighted by Crippen LogP contribution is 2.21. The molecule has 2 aromatic rings. The fourth-order valence-corrected chi connectivity index (χ4v) is 3.12. The molecule has 0 bridgehead atoms. The van der Waals surface area contributed by atoms with E-state index in [1.165, 1.54) is 4.90 Å². The summed E-state index contributed by atoms with van der Waals surface area (Å²) in [5, 5.41) is 6.33. The summed E-state index contributed by atoms with van der Waals surface area (Å²) < 4.78 is 0. The van der Waals surface area contributed by atoms with Crippen LogP contribution in [0.1, 0.15) is 15.9 Å². The first kappa shape index (κ1) is 21.1. The maximum absolute atomic E-state index is 12.9. The van der Waals surface area contributed by atoms with Crippen LogP contribution in [-0.4, -0.2) is 43.1 Å². The summed E-state index contributed by atoms with van der Waals surface area (Å²) in [6.07, 6.45) is 1.11. The molecule has 2 N–H and O–H groups in total. The number of carbonyl (C=O) groups is 3. The van der Waals surface area contributed by atoms with Crippen LogP contribution in [0, 0.1) is 12.8 Å². The molecule has 0 spiro atoms. The van der Waals surface area contributed by atoms with Gasteiger partial charge in [0.2, 0.25) is 5.91 Å². The maximum Gasteiger partial charge on any atom is 0.271 e. The minimum Gasteiger partial charge on any atom is -0.378 e. The van der Waals surface area contributed by atoms with E-state index in [9.17, 15) is 14.4 Å². The van der Waals surface area contributed by atoms with Gasteiger partial charge < -0.3 is 10.2 Å². The van der Waals surface area contributed by atoms with Crippen molar-refractivity contribution >= 4 is 52.6 Å². The molecule has 3 rings (SSSR count). The van der Waals surface area contributed by atoms with Gasteiger partial charge in [-0.05, 0) is 49.5 Å². The van der Waals surface area contributed by atoms with E-state index in [0.717, 1.165) is 17.5 Å². The largest absolute Gasteiger partial charge is 0.378 e. The van der Waals surface area contributed by atoms with Gasteiger partial charge in [0.1, 0.15) is 0 Å². The molecule has 0 unspecified atom stereocenters. The number of rotatable bonds is 5. The number of hydrogen-bond donors (Lipinski definition) is 2. The first-order chi connectivity index (χ1) is 14.3. The summed E-state index contributed by atoms with van der Waals surface area (Å²) in [6.45, 7) is 1.92. The molecular weight excluding hydrogens is 402 g/mol. The van der Waals surface area contributed by atoms with Crippen LogP contribution in [0.3, 0.4) is 0 Å². The third kappa shape index (κ3) is 4.52. The lowest BCUT2D eigenvalue weighted by Gasteiger charge is -2.30. The summed E-state index contributed by atoms with van der Waals surface area (Å²) in [5.41, 5.74) is 5.18. The average Bonchev–Trinajstić information content (AvgIpc) is 2.71. The molecule has 1 fully saturated rings. The summed E-state index contributed by atoms with van der Waals surface area (Å²) in [5.74, 6) is -2.81. The Hall–Kier alpha value is -3.59. The molecule has 1 atom stereocenters. The number of aryl methyl sites for hydroxylation is 1.